The molecule has 0 fully saturated rings. The molecule has 1 amide bonds. The van der Waals surface area contributed by atoms with E-state index in [1.807, 2.05) is 6.07 Å². The van der Waals surface area contributed by atoms with Crippen LogP contribution in [-0.2, 0) is 20.7 Å². The van der Waals surface area contributed by atoms with Crippen molar-refractivity contribution in [1.29, 1.82) is 0 Å². The van der Waals surface area contributed by atoms with Gasteiger partial charge < -0.3 is 20.5 Å². The maximum Gasteiger partial charge on any atom is 0.408 e. The van der Waals surface area contributed by atoms with Gasteiger partial charge in [0.2, 0.25) is 0 Å². The second kappa shape index (κ2) is 7.31. The number of nitrogens with one attached hydrogen (secondary N) is 1. The molecule has 7 heteroatoms. The van der Waals surface area contributed by atoms with Crippen LogP contribution in [0.5, 0.6) is 0 Å². The fraction of sp³-hybridized carbons (Fsp3) is 0.571. The van der Waals surface area contributed by atoms with Gasteiger partial charge in [-0.05, 0) is 39.8 Å². The van der Waals surface area contributed by atoms with Crippen LogP contribution in [0, 0.1) is 0 Å². The van der Waals surface area contributed by atoms with Crippen molar-refractivity contribution in [3.05, 3.63) is 17.0 Å². The first-order chi connectivity index (χ1) is 9.71. The summed E-state index contributed by atoms with van der Waals surface area (Å²) in [7, 11) is 0. The summed E-state index contributed by atoms with van der Waals surface area (Å²) in [6.07, 6.45) is -0.329. The monoisotopic (exact) mass is 314 g/mol. The van der Waals surface area contributed by atoms with E-state index in [0.29, 0.717) is 11.4 Å². The van der Waals surface area contributed by atoms with Crippen LogP contribution in [0.25, 0.3) is 0 Å². The maximum atomic E-state index is 11.9. The number of nitrogens with two attached hydrogens (primary N) is 1. The molecule has 0 radical (unpaired) electrons. The Labute approximate surface area is 128 Å². The van der Waals surface area contributed by atoms with Gasteiger partial charge >= 0.3 is 12.1 Å². The lowest BCUT2D eigenvalue weighted by Crippen LogP contribution is -2.45. The van der Waals surface area contributed by atoms with Crippen molar-refractivity contribution in [2.75, 3.05) is 12.3 Å². The Morgan fingerprint density at radius 2 is 2.05 bits per heavy atom. The fourth-order valence-electron chi connectivity index (χ4n) is 1.59. The number of carbonyl (C=O) groups excluding carboxylic acids is 2. The average molecular weight is 314 g/mol. The van der Waals surface area contributed by atoms with Crippen LogP contribution in [-0.4, -0.2) is 30.3 Å². The minimum absolute atomic E-state index is 0.248. The second-order valence-corrected chi connectivity index (χ2v) is 6.66. The predicted octanol–water partition coefficient (Wildman–Crippen LogP) is 2.33. The van der Waals surface area contributed by atoms with Crippen molar-refractivity contribution in [1.82, 2.24) is 5.32 Å². The predicted molar refractivity (Wildman–Crippen MR) is 82.2 cm³/mol. The highest BCUT2D eigenvalue weighted by Gasteiger charge is 2.26. The molecule has 0 aliphatic rings. The number of hydrogen-bond acceptors (Lipinski definition) is 6. The SMILES string of the molecule is CCOC(=O)C(Cc1ccc(N)s1)NC(=O)OC(C)(C)C. The minimum Gasteiger partial charge on any atom is -0.464 e. The van der Waals surface area contributed by atoms with Crippen LogP contribution in [0.4, 0.5) is 9.80 Å². The highest BCUT2D eigenvalue weighted by atomic mass is 32.1. The lowest BCUT2D eigenvalue weighted by molar-refractivity contribution is -0.145. The van der Waals surface area contributed by atoms with Gasteiger partial charge in [0.1, 0.15) is 11.6 Å². The number of hydrogen-bond donors (Lipinski definition) is 2. The number of alkyl carbamates (subject to hydrolysis) is 1. The number of amides is 1. The second-order valence-electron chi connectivity index (χ2n) is 5.46. The molecule has 0 aliphatic carbocycles. The molecule has 3 N–H and O–H groups in total. The largest absolute Gasteiger partial charge is 0.464 e. The van der Waals surface area contributed by atoms with E-state index in [2.05, 4.69) is 5.32 Å². The molecule has 1 aromatic heterocycles. The van der Waals surface area contributed by atoms with Gasteiger partial charge in [-0.2, -0.15) is 0 Å². The molecule has 1 heterocycles. The molecule has 1 unspecified atom stereocenters. The molecule has 21 heavy (non-hydrogen) atoms. The maximum absolute atomic E-state index is 11.9. The number of carbonyl (C=O) groups is 2. The molecule has 0 bridgehead atoms. The number of esters is 1. The minimum atomic E-state index is -0.794. The summed E-state index contributed by atoms with van der Waals surface area (Å²) in [5.74, 6) is -0.490. The van der Waals surface area contributed by atoms with E-state index in [4.69, 9.17) is 15.2 Å². The zero-order valence-corrected chi connectivity index (χ0v) is 13.6. The molecule has 0 aliphatic heterocycles. The molecule has 0 saturated carbocycles. The molecule has 118 valence electrons. The average Bonchev–Trinajstić information content (AvgIpc) is 2.72. The van der Waals surface area contributed by atoms with Crippen LogP contribution in [0.3, 0.4) is 0 Å². The number of anilines is 1. The van der Waals surface area contributed by atoms with E-state index in [1.165, 1.54) is 11.3 Å². The van der Waals surface area contributed by atoms with Gasteiger partial charge in [0.25, 0.3) is 0 Å². The lowest BCUT2D eigenvalue weighted by atomic mass is 10.2. The first-order valence-electron chi connectivity index (χ1n) is 6.71. The van der Waals surface area contributed by atoms with Crippen LogP contribution < -0.4 is 11.1 Å². The number of thiophene rings is 1. The van der Waals surface area contributed by atoms with Crippen molar-refractivity contribution in [3.8, 4) is 0 Å². The Kier molecular flexibility index (Phi) is 6.02. The molecule has 6 nitrogen and oxygen atoms in total. The van der Waals surface area contributed by atoms with Crippen molar-refractivity contribution >= 4 is 28.4 Å². The van der Waals surface area contributed by atoms with E-state index in [-0.39, 0.29) is 6.61 Å². The summed E-state index contributed by atoms with van der Waals surface area (Å²) < 4.78 is 10.1. The Morgan fingerprint density at radius 3 is 2.52 bits per heavy atom. The highest BCUT2D eigenvalue weighted by Crippen LogP contribution is 2.20. The van der Waals surface area contributed by atoms with Gasteiger partial charge in [0.05, 0.1) is 11.6 Å². The molecule has 1 rings (SSSR count). The third-order valence-electron chi connectivity index (χ3n) is 2.35. The van der Waals surface area contributed by atoms with Gasteiger partial charge in [-0.1, -0.05) is 0 Å². The topological polar surface area (TPSA) is 90.6 Å². The summed E-state index contributed by atoms with van der Waals surface area (Å²) in [6, 6.07) is 2.79. The summed E-state index contributed by atoms with van der Waals surface area (Å²) in [4.78, 5) is 24.6. The normalized spacial score (nSPS) is 12.6. The molecule has 1 aromatic rings. The van der Waals surface area contributed by atoms with Gasteiger partial charge in [-0.25, -0.2) is 9.59 Å². The van der Waals surface area contributed by atoms with Gasteiger partial charge in [-0.3, -0.25) is 0 Å². The Bertz CT molecular complexity index is 493. The van der Waals surface area contributed by atoms with Crippen molar-refractivity contribution in [2.45, 2.75) is 45.8 Å². The number of ether oxygens (including phenoxy) is 2. The van der Waals surface area contributed by atoms with Crippen LogP contribution in [0.2, 0.25) is 0 Å². The van der Waals surface area contributed by atoms with Gasteiger partial charge in [0, 0.05) is 11.3 Å². The first kappa shape index (κ1) is 17.3. The standard InChI is InChI=1S/C14H22N2O4S/c1-5-19-12(17)10(8-9-6-7-11(15)21-9)16-13(18)20-14(2,3)4/h6-7,10H,5,8,15H2,1-4H3,(H,16,18). The van der Waals surface area contributed by atoms with Gasteiger partial charge in [-0.15, -0.1) is 11.3 Å². The van der Waals surface area contributed by atoms with Crippen molar-refractivity contribution in [3.63, 3.8) is 0 Å². The lowest BCUT2D eigenvalue weighted by Gasteiger charge is -2.22. The molecule has 1 atom stereocenters. The van der Waals surface area contributed by atoms with Crippen LogP contribution in [0.1, 0.15) is 32.6 Å². The highest BCUT2D eigenvalue weighted by molar-refractivity contribution is 7.15. The van der Waals surface area contributed by atoms with Crippen molar-refractivity contribution < 1.29 is 19.1 Å². The molecule has 0 spiro atoms. The van der Waals surface area contributed by atoms with Crippen molar-refractivity contribution in [2.24, 2.45) is 0 Å². The van der Waals surface area contributed by atoms with E-state index in [9.17, 15) is 9.59 Å². The number of nitrogen functional groups attached to an aromatic ring is 1. The smallest absolute Gasteiger partial charge is 0.408 e. The molecular weight excluding hydrogens is 292 g/mol. The van der Waals surface area contributed by atoms with Gasteiger partial charge in [0.15, 0.2) is 0 Å². The molecular formula is C14H22N2O4S. The van der Waals surface area contributed by atoms with E-state index in [1.54, 1.807) is 33.8 Å². The summed E-state index contributed by atoms with van der Waals surface area (Å²) in [6.45, 7) is 7.23. The van der Waals surface area contributed by atoms with Crippen LogP contribution >= 0.6 is 11.3 Å². The summed E-state index contributed by atoms with van der Waals surface area (Å²) in [5.41, 5.74) is 5.04. The Balaban J connectivity index is 2.73. The van der Waals surface area contributed by atoms with E-state index >= 15 is 0 Å². The molecule has 0 aromatic carbocycles. The fourth-order valence-corrected chi connectivity index (χ4v) is 2.42. The Morgan fingerprint density at radius 1 is 1.38 bits per heavy atom. The molecule has 0 saturated heterocycles. The zero-order chi connectivity index (χ0) is 16.0. The third-order valence-corrected chi connectivity index (χ3v) is 3.29. The zero-order valence-electron chi connectivity index (χ0n) is 12.8. The van der Waals surface area contributed by atoms with E-state index in [0.717, 1.165) is 4.88 Å². The quantitative estimate of drug-likeness (QED) is 0.814. The first-order valence-corrected chi connectivity index (χ1v) is 7.53. The summed E-state index contributed by atoms with van der Waals surface area (Å²) in [5, 5.41) is 3.20. The van der Waals surface area contributed by atoms with E-state index < -0.39 is 23.7 Å². The third kappa shape index (κ3) is 6.48. The Hall–Kier alpha value is -1.76. The summed E-state index contributed by atoms with van der Waals surface area (Å²) >= 11 is 1.37. The van der Waals surface area contributed by atoms with Crippen LogP contribution in [0.15, 0.2) is 12.1 Å². The number of rotatable bonds is 5.